The zero-order valence-corrected chi connectivity index (χ0v) is 12.2. The van der Waals surface area contributed by atoms with Crippen LogP contribution in [0, 0.1) is 6.92 Å². The number of H-pyrrole nitrogens is 1. The smallest absolute Gasteiger partial charge is 0.198 e. The number of ether oxygens (including phenoxy) is 1. The Balaban J connectivity index is 2.24. The summed E-state index contributed by atoms with van der Waals surface area (Å²) in [4.78, 5) is 17.1. The number of pyridine rings is 1. The van der Waals surface area contributed by atoms with E-state index in [0.717, 1.165) is 0 Å². The molecule has 21 heavy (non-hydrogen) atoms. The van der Waals surface area contributed by atoms with Crippen LogP contribution >= 0.6 is 11.6 Å². The van der Waals surface area contributed by atoms with E-state index in [0.29, 0.717) is 38.6 Å². The van der Waals surface area contributed by atoms with E-state index in [-0.39, 0.29) is 5.78 Å². The number of hydrogen-bond acceptors (Lipinski definition) is 4. The van der Waals surface area contributed by atoms with E-state index in [1.54, 1.807) is 37.4 Å². The van der Waals surface area contributed by atoms with Crippen LogP contribution in [0.4, 0.5) is 0 Å². The molecular formula is C15H12ClN3O2. The second-order valence-corrected chi connectivity index (χ2v) is 5.01. The van der Waals surface area contributed by atoms with Crippen molar-refractivity contribution >= 4 is 28.4 Å². The lowest BCUT2D eigenvalue weighted by Crippen LogP contribution is -2.08. The number of hydrogen-bond donors (Lipinski definition) is 1. The van der Waals surface area contributed by atoms with Gasteiger partial charge in [-0.15, -0.1) is 0 Å². The van der Waals surface area contributed by atoms with Gasteiger partial charge in [0.25, 0.3) is 0 Å². The van der Waals surface area contributed by atoms with Crippen molar-refractivity contribution in [3.05, 3.63) is 52.3 Å². The maximum Gasteiger partial charge on any atom is 0.198 e. The Morgan fingerprint density at radius 2 is 2.19 bits per heavy atom. The Bertz CT molecular complexity index is 842. The molecule has 3 aromatic rings. The lowest BCUT2D eigenvalue weighted by atomic mass is 10.00. The third-order valence-electron chi connectivity index (χ3n) is 3.25. The van der Waals surface area contributed by atoms with E-state index < -0.39 is 0 Å². The molecule has 0 bridgehead atoms. The van der Waals surface area contributed by atoms with Gasteiger partial charge in [0, 0.05) is 10.6 Å². The highest BCUT2D eigenvalue weighted by molar-refractivity contribution is 6.31. The first-order chi connectivity index (χ1) is 10.1. The highest BCUT2D eigenvalue weighted by atomic mass is 35.5. The molecule has 5 nitrogen and oxygen atoms in total. The van der Waals surface area contributed by atoms with Gasteiger partial charge < -0.3 is 4.74 Å². The molecule has 0 radical (unpaired) electrons. The van der Waals surface area contributed by atoms with Crippen molar-refractivity contribution in [2.24, 2.45) is 0 Å². The Kier molecular flexibility index (Phi) is 3.35. The number of carbonyl (C=O) groups is 1. The van der Waals surface area contributed by atoms with Crippen molar-refractivity contribution in [1.82, 2.24) is 15.2 Å². The SMILES string of the molecule is COc1c(C(=O)c2cccc(Cl)c2)c(C)nc2[nH]ncc12. The molecule has 0 unspecified atom stereocenters. The molecule has 106 valence electrons. The van der Waals surface area contributed by atoms with Crippen LogP contribution in [0.2, 0.25) is 5.02 Å². The number of ketones is 1. The van der Waals surface area contributed by atoms with Crippen molar-refractivity contribution in [3.63, 3.8) is 0 Å². The molecule has 0 amide bonds. The quantitative estimate of drug-likeness (QED) is 0.755. The number of carbonyl (C=O) groups excluding carboxylic acids is 1. The van der Waals surface area contributed by atoms with Gasteiger partial charge in [-0.3, -0.25) is 9.89 Å². The molecule has 3 rings (SSSR count). The second-order valence-electron chi connectivity index (χ2n) is 4.58. The number of nitrogens with one attached hydrogen (secondary N) is 1. The van der Waals surface area contributed by atoms with E-state index in [9.17, 15) is 4.79 Å². The number of halogens is 1. The van der Waals surface area contributed by atoms with Crippen molar-refractivity contribution in [1.29, 1.82) is 0 Å². The third kappa shape index (κ3) is 2.25. The van der Waals surface area contributed by atoms with Gasteiger partial charge in [0.2, 0.25) is 0 Å². The van der Waals surface area contributed by atoms with E-state index in [1.165, 1.54) is 7.11 Å². The average Bonchev–Trinajstić information content (AvgIpc) is 2.92. The molecule has 0 aliphatic carbocycles. The molecule has 0 spiro atoms. The first kappa shape index (κ1) is 13.6. The Morgan fingerprint density at radius 1 is 1.38 bits per heavy atom. The number of rotatable bonds is 3. The van der Waals surface area contributed by atoms with Gasteiger partial charge in [-0.1, -0.05) is 23.7 Å². The van der Waals surface area contributed by atoms with Crippen LogP contribution in [0.5, 0.6) is 5.75 Å². The molecule has 2 aromatic heterocycles. The average molecular weight is 302 g/mol. The number of aryl methyl sites for hydroxylation is 1. The van der Waals surface area contributed by atoms with Crippen molar-refractivity contribution in [2.45, 2.75) is 6.92 Å². The summed E-state index contributed by atoms with van der Waals surface area (Å²) in [6, 6.07) is 6.80. The fraction of sp³-hybridized carbons (Fsp3) is 0.133. The van der Waals surface area contributed by atoms with E-state index in [1.807, 2.05) is 0 Å². The number of benzene rings is 1. The highest BCUT2D eigenvalue weighted by Crippen LogP contribution is 2.31. The first-order valence-corrected chi connectivity index (χ1v) is 6.67. The largest absolute Gasteiger partial charge is 0.495 e. The monoisotopic (exact) mass is 301 g/mol. The third-order valence-corrected chi connectivity index (χ3v) is 3.49. The fourth-order valence-corrected chi connectivity index (χ4v) is 2.50. The molecule has 1 N–H and O–H groups in total. The summed E-state index contributed by atoms with van der Waals surface area (Å²) in [5, 5.41) is 7.90. The lowest BCUT2D eigenvalue weighted by Gasteiger charge is -2.11. The van der Waals surface area contributed by atoms with Crippen LogP contribution in [0.25, 0.3) is 11.0 Å². The van der Waals surface area contributed by atoms with Crippen LogP contribution < -0.4 is 4.74 Å². The summed E-state index contributed by atoms with van der Waals surface area (Å²) < 4.78 is 5.42. The number of aromatic amines is 1. The van der Waals surface area contributed by atoms with E-state index in [2.05, 4.69) is 15.2 Å². The van der Waals surface area contributed by atoms with Gasteiger partial charge >= 0.3 is 0 Å². The minimum absolute atomic E-state index is 0.178. The van der Waals surface area contributed by atoms with Crippen molar-refractivity contribution in [3.8, 4) is 5.75 Å². The summed E-state index contributed by atoms with van der Waals surface area (Å²) in [5.41, 5.74) is 2.09. The maximum atomic E-state index is 12.8. The van der Waals surface area contributed by atoms with E-state index in [4.69, 9.17) is 16.3 Å². The molecule has 0 atom stereocenters. The molecule has 1 aromatic carbocycles. The van der Waals surface area contributed by atoms with Gasteiger partial charge in [0.1, 0.15) is 5.75 Å². The van der Waals surface area contributed by atoms with Gasteiger partial charge in [-0.2, -0.15) is 5.10 Å². The van der Waals surface area contributed by atoms with Crippen LogP contribution in [-0.2, 0) is 0 Å². The Hall–Kier alpha value is -2.40. The van der Waals surface area contributed by atoms with Crippen LogP contribution in [0.3, 0.4) is 0 Å². The summed E-state index contributed by atoms with van der Waals surface area (Å²) in [5.74, 6) is 0.290. The summed E-state index contributed by atoms with van der Waals surface area (Å²) in [7, 11) is 1.52. The summed E-state index contributed by atoms with van der Waals surface area (Å²) in [6.07, 6.45) is 1.59. The highest BCUT2D eigenvalue weighted by Gasteiger charge is 2.22. The number of aromatic nitrogens is 3. The second kappa shape index (κ2) is 5.18. The summed E-state index contributed by atoms with van der Waals surface area (Å²) in [6.45, 7) is 1.76. The molecule has 2 heterocycles. The molecule has 0 saturated heterocycles. The molecule has 0 fully saturated rings. The van der Waals surface area contributed by atoms with Crippen LogP contribution in [0.15, 0.2) is 30.5 Å². The predicted octanol–water partition coefficient (Wildman–Crippen LogP) is 3.16. The lowest BCUT2D eigenvalue weighted by molar-refractivity contribution is 0.103. The molecule has 0 aliphatic heterocycles. The molecule has 0 aliphatic rings. The van der Waals surface area contributed by atoms with Gasteiger partial charge in [-0.25, -0.2) is 4.98 Å². The van der Waals surface area contributed by atoms with Gasteiger partial charge in [0.15, 0.2) is 11.4 Å². The van der Waals surface area contributed by atoms with Crippen molar-refractivity contribution < 1.29 is 9.53 Å². The summed E-state index contributed by atoms with van der Waals surface area (Å²) >= 11 is 5.95. The zero-order valence-electron chi connectivity index (χ0n) is 11.5. The normalized spacial score (nSPS) is 10.8. The Morgan fingerprint density at radius 3 is 2.90 bits per heavy atom. The zero-order chi connectivity index (χ0) is 15.0. The van der Waals surface area contributed by atoms with E-state index >= 15 is 0 Å². The molecule has 6 heteroatoms. The maximum absolute atomic E-state index is 12.8. The minimum atomic E-state index is -0.178. The molecule has 0 saturated carbocycles. The number of fused-ring (bicyclic) bond motifs is 1. The number of methoxy groups -OCH3 is 1. The van der Waals surface area contributed by atoms with Crippen LogP contribution in [0.1, 0.15) is 21.6 Å². The fourth-order valence-electron chi connectivity index (χ4n) is 2.31. The molecular weight excluding hydrogens is 290 g/mol. The van der Waals surface area contributed by atoms with Gasteiger partial charge in [-0.05, 0) is 19.1 Å². The minimum Gasteiger partial charge on any atom is -0.495 e. The predicted molar refractivity (Wildman–Crippen MR) is 80.1 cm³/mol. The standard InChI is InChI=1S/C15H12ClN3O2/c1-8-12(13(20)9-4-3-5-10(16)6-9)14(21-2)11-7-17-19-15(11)18-8/h3-7H,1-2H3,(H,17,18,19). The van der Waals surface area contributed by atoms with Crippen molar-refractivity contribution in [2.75, 3.05) is 7.11 Å². The van der Waals surface area contributed by atoms with Gasteiger partial charge in [0.05, 0.1) is 30.0 Å². The Labute approximate surface area is 125 Å². The topological polar surface area (TPSA) is 67.9 Å². The first-order valence-electron chi connectivity index (χ1n) is 6.29. The number of nitrogens with zero attached hydrogens (tertiary/aromatic N) is 2. The van der Waals surface area contributed by atoms with Crippen LogP contribution in [-0.4, -0.2) is 28.1 Å².